The van der Waals surface area contributed by atoms with Crippen LogP contribution in [0.4, 0.5) is 0 Å². The number of hydrogen-bond acceptors (Lipinski definition) is 3. The topological polar surface area (TPSA) is 78.9 Å². The van der Waals surface area contributed by atoms with E-state index in [0.717, 1.165) is 6.42 Å². The lowest BCUT2D eigenvalue weighted by Crippen LogP contribution is -2.28. The molecule has 10 heavy (non-hydrogen) atoms. The first-order valence-corrected chi connectivity index (χ1v) is 3.14. The van der Waals surface area contributed by atoms with E-state index in [9.17, 15) is 4.79 Å². The van der Waals surface area contributed by atoms with Crippen LogP contribution < -0.4 is 11.1 Å². The van der Waals surface area contributed by atoms with Crippen LogP contribution in [0.5, 0.6) is 0 Å². The fourth-order valence-electron chi connectivity index (χ4n) is 0.496. The maximum Gasteiger partial charge on any atom is 0.234 e. The number of hydrogen-bond donors (Lipinski definition) is 2. The molecule has 0 aromatic rings. The van der Waals surface area contributed by atoms with Gasteiger partial charge in [-0.1, -0.05) is 6.92 Å². The predicted octanol–water partition coefficient (Wildman–Crippen LogP) is -0.289. The Kier molecular flexibility index (Phi) is 4.25. The fraction of sp³-hybridized carbons (Fsp3) is 0.667. The van der Waals surface area contributed by atoms with Gasteiger partial charge in [-0.15, -0.1) is 0 Å². The molecule has 1 amide bonds. The normalized spacial score (nSPS) is 11.7. The van der Waals surface area contributed by atoms with E-state index >= 15 is 0 Å². The molecule has 0 rings (SSSR count). The number of nitriles is 1. The summed E-state index contributed by atoms with van der Waals surface area (Å²) in [6.45, 7) is 1.89. The van der Waals surface area contributed by atoms with Crippen molar-refractivity contribution in [2.45, 2.75) is 25.8 Å². The Bertz CT molecular complexity index is 150. The average molecular weight is 141 g/mol. The van der Waals surface area contributed by atoms with Gasteiger partial charge in [0.15, 0.2) is 6.19 Å². The molecule has 0 aromatic heterocycles. The van der Waals surface area contributed by atoms with Gasteiger partial charge in [0, 0.05) is 12.5 Å². The van der Waals surface area contributed by atoms with Gasteiger partial charge in [-0.2, -0.15) is 5.26 Å². The van der Waals surface area contributed by atoms with Gasteiger partial charge in [0.2, 0.25) is 5.91 Å². The van der Waals surface area contributed by atoms with Crippen molar-refractivity contribution in [2.24, 2.45) is 5.73 Å². The first-order chi connectivity index (χ1) is 4.70. The quantitative estimate of drug-likeness (QED) is 0.418. The zero-order chi connectivity index (χ0) is 7.98. The van der Waals surface area contributed by atoms with E-state index < -0.39 is 0 Å². The van der Waals surface area contributed by atoms with Gasteiger partial charge in [0.1, 0.15) is 0 Å². The number of rotatable bonds is 3. The second-order valence-electron chi connectivity index (χ2n) is 2.03. The molecule has 0 aliphatic rings. The molecule has 0 saturated heterocycles. The Morgan fingerprint density at radius 3 is 2.90 bits per heavy atom. The Morgan fingerprint density at radius 1 is 1.90 bits per heavy atom. The minimum absolute atomic E-state index is 0.131. The van der Waals surface area contributed by atoms with E-state index in [1.54, 1.807) is 6.19 Å². The van der Waals surface area contributed by atoms with Crippen molar-refractivity contribution in [1.82, 2.24) is 5.32 Å². The van der Waals surface area contributed by atoms with Crippen LogP contribution in [-0.4, -0.2) is 11.9 Å². The van der Waals surface area contributed by atoms with Crippen LogP contribution in [0.15, 0.2) is 0 Å². The van der Waals surface area contributed by atoms with Gasteiger partial charge in [-0.05, 0) is 6.42 Å². The number of nitrogens with two attached hydrogens (primary N) is 1. The lowest BCUT2D eigenvalue weighted by Gasteiger charge is -2.04. The molecule has 0 fully saturated rings. The second kappa shape index (κ2) is 4.77. The summed E-state index contributed by atoms with van der Waals surface area (Å²) in [6, 6.07) is -0.131. The molecule has 4 nitrogen and oxygen atoms in total. The Balaban J connectivity index is 3.49. The standard InChI is InChI=1S/C6H11N3O/c1-2-5(8)3-6(10)9-4-7/h5H,2-3,8H2,1H3,(H,9,10). The Morgan fingerprint density at radius 2 is 2.50 bits per heavy atom. The van der Waals surface area contributed by atoms with Crippen molar-refractivity contribution in [3.05, 3.63) is 0 Å². The molecule has 0 aromatic carbocycles. The predicted molar refractivity (Wildman–Crippen MR) is 36.6 cm³/mol. The van der Waals surface area contributed by atoms with E-state index in [-0.39, 0.29) is 18.4 Å². The lowest BCUT2D eigenvalue weighted by molar-refractivity contribution is -0.120. The van der Waals surface area contributed by atoms with E-state index in [1.165, 1.54) is 0 Å². The number of carbonyl (C=O) groups excluding carboxylic acids is 1. The van der Waals surface area contributed by atoms with Gasteiger partial charge < -0.3 is 5.73 Å². The smallest absolute Gasteiger partial charge is 0.234 e. The van der Waals surface area contributed by atoms with E-state index in [1.807, 2.05) is 12.2 Å². The summed E-state index contributed by atoms with van der Waals surface area (Å²) in [4.78, 5) is 10.6. The van der Waals surface area contributed by atoms with Crippen molar-refractivity contribution < 1.29 is 4.79 Å². The van der Waals surface area contributed by atoms with E-state index in [4.69, 9.17) is 11.0 Å². The molecule has 4 heteroatoms. The maximum absolute atomic E-state index is 10.6. The summed E-state index contributed by atoms with van der Waals surface area (Å²) >= 11 is 0. The van der Waals surface area contributed by atoms with Gasteiger partial charge in [-0.3, -0.25) is 10.1 Å². The van der Waals surface area contributed by atoms with E-state index in [0.29, 0.717) is 0 Å². The third kappa shape index (κ3) is 3.87. The van der Waals surface area contributed by atoms with Crippen LogP contribution >= 0.6 is 0 Å². The van der Waals surface area contributed by atoms with Gasteiger partial charge in [-0.25, -0.2) is 0 Å². The molecule has 1 atom stereocenters. The zero-order valence-electron chi connectivity index (χ0n) is 5.92. The van der Waals surface area contributed by atoms with Crippen LogP contribution in [0.1, 0.15) is 19.8 Å². The van der Waals surface area contributed by atoms with Crippen LogP contribution in [-0.2, 0) is 4.79 Å². The minimum Gasteiger partial charge on any atom is -0.327 e. The van der Waals surface area contributed by atoms with E-state index in [2.05, 4.69) is 0 Å². The molecule has 0 radical (unpaired) electrons. The molecule has 0 heterocycles. The fourth-order valence-corrected chi connectivity index (χ4v) is 0.496. The number of amides is 1. The first kappa shape index (κ1) is 8.92. The largest absolute Gasteiger partial charge is 0.327 e. The molecule has 1 unspecified atom stereocenters. The van der Waals surface area contributed by atoms with Crippen molar-refractivity contribution in [1.29, 1.82) is 5.26 Å². The SMILES string of the molecule is CCC(N)CC(=O)NC#N. The average Bonchev–Trinajstić information content (AvgIpc) is 1.88. The summed E-state index contributed by atoms with van der Waals surface area (Å²) in [6.07, 6.45) is 2.52. The molecular weight excluding hydrogens is 130 g/mol. The molecule has 0 bridgehead atoms. The molecular formula is C6H11N3O. The number of nitrogens with one attached hydrogen (secondary N) is 1. The van der Waals surface area contributed by atoms with Crippen LogP contribution in [0.2, 0.25) is 0 Å². The van der Waals surface area contributed by atoms with Gasteiger partial charge >= 0.3 is 0 Å². The van der Waals surface area contributed by atoms with Crippen molar-refractivity contribution in [2.75, 3.05) is 0 Å². The highest BCUT2D eigenvalue weighted by molar-refractivity contribution is 5.77. The van der Waals surface area contributed by atoms with Gasteiger partial charge in [0.25, 0.3) is 0 Å². The monoisotopic (exact) mass is 141 g/mol. The first-order valence-electron chi connectivity index (χ1n) is 3.14. The van der Waals surface area contributed by atoms with Crippen molar-refractivity contribution in [3.63, 3.8) is 0 Å². The Labute approximate surface area is 60.0 Å². The molecule has 0 aliphatic heterocycles. The second-order valence-corrected chi connectivity index (χ2v) is 2.03. The van der Waals surface area contributed by atoms with Crippen LogP contribution in [0.25, 0.3) is 0 Å². The minimum atomic E-state index is -0.308. The molecule has 0 aliphatic carbocycles. The molecule has 0 spiro atoms. The summed E-state index contributed by atoms with van der Waals surface area (Å²) in [7, 11) is 0. The molecule has 0 saturated carbocycles. The highest BCUT2D eigenvalue weighted by Crippen LogP contribution is 1.91. The third-order valence-corrected chi connectivity index (χ3v) is 1.17. The summed E-state index contributed by atoms with van der Waals surface area (Å²) in [5, 5.41) is 10.00. The third-order valence-electron chi connectivity index (χ3n) is 1.17. The summed E-state index contributed by atoms with van der Waals surface area (Å²) in [5.41, 5.74) is 5.43. The Hall–Kier alpha value is -1.08. The van der Waals surface area contributed by atoms with Crippen LogP contribution in [0, 0.1) is 11.5 Å². The number of carbonyl (C=O) groups is 1. The summed E-state index contributed by atoms with van der Waals surface area (Å²) < 4.78 is 0. The molecule has 56 valence electrons. The van der Waals surface area contributed by atoms with Crippen molar-refractivity contribution in [3.8, 4) is 6.19 Å². The maximum atomic E-state index is 10.6. The van der Waals surface area contributed by atoms with Crippen molar-refractivity contribution >= 4 is 5.91 Å². The lowest BCUT2D eigenvalue weighted by atomic mass is 10.2. The highest BCUT2D eigenvalue weighted by atomic mass is 16.1. The van der Waals surface area contributed by atoms with Gasteiger partial charge in [0.05, 0.1) is 0 Å². The molecule has 3 N–H and O–H groups in total. The highest BCUT2D eigenvalue weighted by Gasteiger charge is 2.05. The zero-order valence-corrected chi connectivity index (χ0v) is 5.92. The number of nitrogens with zero attached hydrogens (tertiary/aromatic N) is 1. The summed E-state index contributed by atoms with van der Waals surface area (Å²) in [5.74, 6) is -0.308. The van der Waals surface area contributed by atoms with Crippen LogP contribution in [0.3, 0.4) is 0 Å².